The highest BCUT2D eigenvalue weighted by atomic mass is 15.1. The molecule has 0 amide bonds. The Morgan fingerprint density at radius 2 is 2.71 bits per heavy atom. The molecule has 3 nitrogen and oxygen atoms in total. The zero-order valence-corrected chi connectivity index (χ0v) is 4.10. The van der Waals surface area contributed by atoms with E-state index in [0.29, 0.717) is 0 Å². The summed E-state index contributed by atoms with van der Waals surface area (Å²) in [6.07, 6.45) is 3.47. The lowest BCUT2D eigenvalue weighted by atomic mass is 11.0. The van der Waals surface area contributed by atoms with Crippen LogP contribution in [0.25, 0.3) is 0 Å². The molecule has 7 heavy (non-hydrogen) atoms. The highest BCUT2D eigenvalue weighted by Gasteiger charge is 1.80. The molecule has 0 aromatic carbocycles. The maximum absolute atomic E-state index is 3.87. The second kappa shape index (κ2) is 1.64. The Labute approximate surface area is 41.8 Å². The number of aromatic amines is 1. The standard InChI is InChI=1S/C4H7N3/c1-5-4-6-2-3-7-4/h2-3H,1H3,(H2,5,6,7). The molecule has 0 spiro atoms. The van der Waals surface area contributed by atoms with Crippen LogP contribution in [0.15, 0.2) is 12.4 Å². The van der Waals surface area contributed by atoms with Gasteiger partial charge in [-0.05, 0) is 0 Å². The third-order valence-corrected chi connectivity index (χ3v) is 0.735. The molecule has 0 saturated heterocycles. The van der Waals surface area contributed by atoms with Crippen molar-refractivity contribution in [2.75, 3.05) is 12.4 Å². The van der Waals surface area contributed by atoms with Gasteiger partial charge in [0.1, 0.15) is 0 Å². The summed E-state index contributed by atoms with van der Waals surface area (Å²) in [5.74, 6) is 0.806. The monoisotopic (exact) mass is 97.1 g/mol. The van der Waals surface area contributed by atoms with Crippen molar-refractivity contribution in [1.29, 1.82) is 0 Å². The molecule has 1 heterocycles. The van der Waals surface area contributed by atoms with Gasteiger partial charge in [-0.2, -0.15) is 0 Å². The number of nitrogens with one attached hydrogen (secondary N) is 2. The van der Waals surface area contributed by atoms with Gasteiger partial charge in [-0.3, -0.25) is 0 Å². The fourth-order valence-corrected chi connectivity index (χ4v) is 0.402. The summed E-state index contributed by atoms with van der Waals surface area (Å²) in [5, 5.41) is 2.84. The number of hydrogen-bond acceptors (Lipinski definition) is 2. The van der Waals surface area contributed by atoms with Gasteiger partial charge in [0.05, 0.1) is 0 Å². The van der Waals surface area contributed by atoms with E-state index in [4.69, 9.17) is 0 Å². The fraction of sp³-hybridized carbons (Fsp3) is 0.250. The van der Waals surface area contributed by atoms with Crippen molar-refractivity contribution in [3.63, 3.8) is 0 Å². The molecule has 0 unspecified atom stereocenters. The lowest BCUT2D eigenvalue weighted by Gasteiger charge is -1.85. The molecule has 0 radical (unpaired) electrons. The van der Waals surface area contributed by atoms with Crippen LogP contribution in [0.2, 0.25) is 0 Å². The van der Waals surface area contributed by atoms with Gasteiger partial charge in [-0.1, -0.05) is 0 Å². The van der Waals surface area contributed by atoms with Gasteiger partial charge in [0.2, 0.25) is 0 Å². The lowest BCUT2D eigenvalue weighted by molar-refractivity contribution is 1.26. The van der Waals surface area contributed by atoms with E-state index in [1.54, 1.807) is 12.4 Å². The molecule has 2 N–H and O–H groups in total. The normalized spacial score (nSPS) is 8.71. The molecule has 3 heteroatoms. The quantitative estimate of drug-likeness (QED) is 0.534. The van der Waals surface area contributed by atoms with Crippen molar-refractivity contribution in [2.24, 2.45) is 0 Å². The average molecular weight is 97.1 g/mol. The summed E-state index contributed by atoms with van der Waals surface area (Å²) in [4.78, 5) is 6.73. The molecular weight excluding hydrogens is 90.1 g/mol. The highest BCUT2D eigenvalue weighted by Crippen LogP contribution is 1.89. The molecule has 38 valence electrons. The van der Waals surface area contributed by atoms with Crippen molar-refractivity contribution >= 4 is 5.95 Å². The first kappa shape index (κ1) is 4.18. The summed E-state index contributed by atoms with van der Waals surface area (Å²) in [6.45, 7) is 0. The predicted molar refractivity (Wildman–Crippen MR) is 28.1 cm³/mol. The number of nitrogens with zero attached hydrogens (tertiary/aromatic N) is 1. The van der Waals surface area contributed by atoms with E-state index in [2.05, 4.69) is 15.3 Å². The van der Waals surface area contributed by atoms with Crippen LogP contribution in [0.1, 0.15) is 0 Å². The molecule has 0 aliphatic carbocycles. The minimum Gasteiger partial charge on any atom is -0.359 e. The van der Waals surface area contributed by atoms with Crippen LogP contribution >= 0.6 is 0 Å². The van der Waals surface area contributed by atoms with E-state index in [-0.39, 0.29) is 0 Å². The first-order valence-electron chi connectivity index (χ1n) is 2.10. The Kier molecular flexibility index (Phi) is 0.978. The van der Waals surface area contributed by atoms with Crippen molar-refractivity contribution in [3.8, 4) is 0 Å². The molecule has 1 aromatic heterocycles. The molecule has 0 aliphatic rings. The average Bonchev–Trinajstić information content (AvgIpc) is 2.14. The van der Waals surface area contributed by atoms with E-state index >= 15 is 0 Å². The number of rotatable bonds is 1. The largest absolute Gasteiger partial charge is 0.359 e. The van der Waals surface area contributed by atoms with Crippen LogP contribution in [0, 0.1) is 0 Å². The minimum absolute atomic E-state index is 0.806. The number of imidazole rings is 1. The van der Waals surface area contributed by atoms with Gasteiger partial charge < -0.3 is 10.3 Å². The zero-order chi connectivity index (χ0) is 5.11. The van der Waals surface area contributed by atoms with Crippen molar-refractivity contribution in [3.05, 3.63) is 12.4 Å². The van der Waals surface area contributed by atoms with Gasteiger partial charge in [-0.25, -0.2) is 4.98 Å². The second-order valence-electron chi connectivity index (χ2n) is 1.19. The SMILES string of the molecule is CNc1ncc[nH]1. The second-order valence-corrected chi connectivity index (χ2v) is 1.19. The van der Waals surface area contributed by atoms with E-state index in [0.717, 1.165) is 5.95 Å². The Morgan fingerprint density at radius 1 is 1.86 bits per heavy atom. The van der Waals surface area contributed by atoms with Crippen LogP contribution < -0.4 is 5.32 Å². The van der Waals surface area contributed by atoms with Crippen LogP contribution in [0.5, 0.6) is 0 Å². The molecule has 0 aliphatic heterocycles. The molecule has 0 atom stereocenters. The van der Waals surface area contributed by atoms with Crippen LogP contribution in [-0.2, 0) is 0 Å². The summed E-state index contributed by atoms with van der Waals surface area (Å²) in [5.41, 5.74) is 0. The van der Waals surface area contributed by atoms with Crippen molar-refractivity contribution < 1.29 is 0 Å². The van der Waals surface area contributed by atoms with E-state index in [1.165, 1.54) is 0 Å². The van der Waals surface area contributed by atoms with Gasteiger partial charge in [-0.15, -0.1) is 0 Å². The summed E-state index contributed by atoms with van der Waals surface area (Å²) in [6, 6.07) is 0. The fourth-order valence-electron chi connectivity index (χ4n) is 0.402. The third kappa shape index (κ3) is 0.707. The molecule has 1 aromatic rings. The van der Waals surface area contributed by atoms with Crippen molar-refractivity contribution in [1.82, 2.24) is 9.97 Å². The predicted octanol–water partition coefficient (Wildman–Crippen LogP) is 0.451. The number of aromatic nitrogens is 2. The Hall–Kier alpha value is -0.990. The molecular formula is C4H7N3. The molecule has 0 fully saturated rings. The Balaban J connectivity index is 2.76. The Bertz CT molecular complexity index is 121. The summed E-state index contributed by atoms with van der Waals surface area (Å²) < 4.78 is 0. The topological polar surface area (TPSA) is 40.7 Å². The van der Waals surface area contributed by atoms with Crippen LogP contribution in [0.3, 0.4) is 0 Å². The van der Waals surface area contributed by atoms with Gasteiger partial charge in [0, 0.05) is 19.4 Å². The maximum atomic E-state index is 3.87. The zero-order valence-electron chi connectivity index (χ0n) is 4.10. The first-order chi connectivity index (χ1) is 3.43. The van der Waals surface area contributed by atoms with Crippen LogP contribution in [0.4, 0.5) is 5.95 Å². The minimum atomic E-state index is 0.806. The maximum Gasteiger partial charge on any atom is 0.199 e. The van der Waals surface area contributed by atoms with E-state index in [1.807, 2.05) is 7.05 Å². The summed E-state index contributed by atoms with van der Waals surface area (Å²) in [7, 11) is 1.82. The van der Waals surface area contributed by atoms with E-state index in [9.17, 15) is 0 Å². The van der Waals surface area contributed by atoms with Gasteiger partial charge >= 0.3 is 0 Å². The first-order valence-corrected chi connectivity index (χ1v) is 2.10. The number of hydrogen-bond donors (Lipinski definition) is 2. The highest BCUT2D eigenvalue weighted by molar-refractivity contribution is 5.20. The van der Waals surface area contributed by atoms with Gasteiger partial charge in [0.15, 0.2) is 5.95 Å². The molecule has 0 bridgehead atoms. The molecule has 1 rings (SSSR count). The third-order valence-electron chi connectivity index (χ3n) is 0.735. The Morgan fingerprint density at radius 3 is 3.00 bits per heavy atom. The summed E-state index contributed by atoms with van der Waals surface area (Å²) >= 11 is 0. The number of H-pyrrole nitrogens is 1. The molecule has 0 saturated carbocycles. The number of anilines is 1. The lowest BCUT2D eigenvalue weighted by Crippen LogP contribution is -1.87. The van der Waals surface area contributed by atoms with Crippen LogP contribution in [-0.4, -0.2) is 17.0 Å². The van der Waals surface area contributed by atoms with E-state index < -0.39 is 0 Å². The van der Waals surface area contributed by atoms with Gasteiger partial charge in [0.25, 0.3) is 0 Å². The van der Waals surface area contributed by atoms with Crippen molar-refractivity contribution in [2.45, 2.75) is 0 Å². The smallest absolute Gasteiger partial charge is 0.199 e.